The Hall–Kier alpha value is -14.6. The minimum Gasteiger partial charge on any atom is -0.311 e. The van der Waals surface area contributed by atoms with Gasteiger partial charge in [-0.05, 0) is 223 Å². The number of rotatable bonds is 13. The van der Waals surface area contributed by atoms with E-state index in [1.54, 1.807) is 0 Å². The van der Waals surface area contributed by atoms with Gasteiger partial charge in [-0.1, -0.05) is 297 Å². The lowest BCUT2D eigenvalue weighted by Gasteiger charge is -2.26. The maximum atomic E-state index is 15.9. The van der Waals surface area contributed by atoms with Crippen LogP contribution < -0.4 is 41.6 Å². The molecular weight excluding hydrogens is 1470 g/mol. The van der Waals surface area contributed by atoms with Crippen molar-refractivity contribution in [3.63, 3.8) is 0 Å². The number of aromatic nitrogens is 2. The van der Waals surface area contributed by atoms with Crippen molar-refractivity contribution in [1.82, 2.24) is 9.13 Å². The normalized spacial score (nSPS) is 14.4. The lowest BCUT2D eigenvalue weighted by atomic mass is 9.97. The van der Waals surface area contributed by atoms with Gasteiger partial charge in [0.2, 0.25) is 0 Å². The summed E-state index contributed by atoms with van der Waals surface area (Å²) < 4.78 is 36.4. The molecule has 2 aliphatic rings. The van der Waals surface area contributed by atoms with Crippen molar-refractivity contribution in [2.24, 2.45) is 0 Å². The van der Waals surface area contributed by atoms with Gasteiger partial charge in [0.05, 0.1) is 22.1 Å². The lowest BCUT2D eigenvalue weighted by Crippen LogP contribution is -2.20. The molecule has 0 spiro atoms. The third-order valence-electron chi connectivity index (χ3n) is 24.0. The molecule has 0 N–H and O–H groups in total. The molecule has 118 heavy (non-hydrogen) atoms. The monoisotopic (exact) mass is 1540 g/mol. The van der Waals surface area contributed by atoms with E-state index in [0.29, 0.717) is 0 Å². The molecule has 21 aromatic rings. The fourth-order valence-corrected chi connectivity index (χ4v) is 24.5. The maximum absolute atomic E-state index is 15.9. The van der Waals surface area contributed by atoms with Crippen LogP contribution in [-0.4, -0.2) is 9.13 Å². The predicted molar refractivity (Wildman–Crippen MR) is 499 cm³/mol. The third kappa shape index (κ3) is 11.6. The number of benzene rings is 19. The van der Waals surface area contributed by atoms with Crippen molar-refractivity contribution in [3.05, 3.63) is 449 Å². The van der Waals surface area contributed by atoms with E-state index in [4.69, 9.17) is 0 Å². The van der Waals surface area contributed by atoms with Crippen LogP contribution in [0.4, 0.5) is 34.1 Å². The molecule has 0 saturated carbocycles. The SMILES string of the molecule is O=P1(c2ccccc2)c2cc3c4ccccc4n(-c4ccc(N(c5ccc(-c6ccccc6)cc5)c5ccc(-c6ccccc6)cc5)cc4)c3cc2-c2c1ccc1ccccc21.O=P1(c2ccccc2)c2cc3ccccc3cc2-c2cc3c(cc21)c1ccccc1n3-c1ccc(N(c2ccccc2)c2ccc(-c3ccccc3)cc2)cc1. The van der Waals surface area contributed by atoms with Crippen LogP contribution in [-0.2, 0) is 9.13 Å². The van der Waals surface area contributed by atoms with Crippen LogP contribution in [0.15, 0.2) is 449 Å². The largest absolute Gasteiger partial charge is 0.311 e. The zero-order valence-corrected chi connectivity index (χ0v) is 66.0. The highest BCUT2D eigenvalue weighted by molar-refractivity contribution is 7.87. The van der Waals surface area contributed by atoms with E-state index in [2.05, 4.69) is 407 Å². The van der Waals surface area contributed by atoms with Gasteiger partial charge in [0.25, 0.3) is 0 Å². The van der Waals surface area contributed by atoms with Gasteiger partial charge < -0.3 is 28.1 Å². The van der Waals surface area contributed by atoms with E-state index in [9.17, 15) is 0 Å². The van der Waals surface area contributed by atoms with Crippen LogP contribution in [0.2, 0.25) is 0 Å². The van der Waals surface area contributed by atoms with E-state index in [1.165, 1.54) is 33.4 Å². The van der Waals surface area contributed by atoms with E-state index < -0.39 is 14.3 Å². The Morgan fingerprint density at radius 1 is 0.195 bits per heavy atom. The minimum atomic E-state index is -3.18. The summed E-state index contributed by atoms with van der Waals surface area (Å²) in [5.41, 5.74) is 24.3. The van der Waals surface area contributed by atoms with Gasteiger partial charge in [-0.2, -0.15) is 0 Å². The number of anilines is 6. The second-order valence-electron chi connectivity index (χ2n) is 30.5. The van der Waals surface area contributed by atoms with Crippen LogP contribution in [0.1, 0.15) is 0 Å². The topological polar surface area (TPSA) is 50.5 Å². The van der Waals surface area contributed by atoms with Crippen molar-refractivity contribution in [2.75, 3.05) is 9.80 Å². The Kier molecular flexibility index (Phi) is 17.0. The van der Waals surface area contributed by atoms with Crippen molar-refractivity contribution in [2.45, 2.75) is 0 Å². The lowest BCUT2D eigenvalue weighted by molar-refractivity contribution is 0.592. The van der Waals surface area contributed by atoms with Crippen molar-refractivity contribution in [1.29, 1.82) is 0 Å². The van der Waals surface area contributed by atoms with E-state index in [0.717, 1.165) is 165 Å². The first-order valence-electron chi connectivity index (χ1n) is 40.1. The van der Waals surface area contributed by atoms with Crippen molar-refractivity contribution in [3.8, 4) is 67.0 Å². The van der Waals surface area contributed by atoms with Crippen LogP contribution >= 0.6 is 14.3 Å². The van der Waals surface area contributed by atoms with Crippen LogP contribution in [0.3, 0.4) is 0 Å². The molecule has 0 bridgehead atoms. The molecule has 2 aliphatic heterocycles. The Morgan fingerprint density at radius 2 is 0.500 bits per heavy atom. The summed E-state index contributed by atoms with van der Waals surface area (Å²) in [6.45, 7) is 0. The van der Waals surface area contributed by atoms with Crippen LogP contribution in [0.25, 0.3) is 132 Å². The van der Waals surface area contributed by atoms with Gasteiger partial charge in [-0.15, -0.1) is 0 Å². The zero-order valence-electron chi connectivity index (χ0n) is 64.2. The van der Waals surface area contributed by atoms with Crippen LogP contribution in [0.5, 0.6) is 0 Å². The van der Waals surface area contributed by atoms with E-state index in [-0.39, 0.29) is 0 Å². The molecular formula is C110H74N4O2P2. The van der Waals surface area contributed by atoms with Gasteiger partial charge >= 0.3 is 0 Å². The summed E-state index contributed by atoms with van der Waals surface area (Å²) in [6.07, 6.45) is 0. The summed E-state index contributed by atoms with van der Waals surface area (Å²) in [4.78, 5) is 4.63. The fraction of sp³-hybridized carbons (Fsp3) is 0. The first-order valence-corrected chi connectivity index (χ1v) is 43.6. The average Bonchev–Trinajstić information content (AvgIpc) is 1.53. The van der Waals surface area contributed by atoms with E-state index in [1.807, 2.05) is 60.7 Å². The Balaban J connectivity index is 0.000000143. The average molecular weight is 1550 g/mol. The molecule has 0 saturated heterocycles. The molecule has 8 heteroatoms. The zero-order chi connectivity index (χ0) is 78.4. The van der Waals surface area contributed by atoms with Gasteiger partial charge in [0.1, 0.15) is 0 Å². The molecule has 19 aromatic carbocycles. The first kappa shape index (κ1) is 70.0. The standard InChI is InChI=1S/C58H39N2OP.C52H35N2OP/c61-62(49-19-8-3-9-20-49)56-37-28-44-18-10-11-21-50(44)58(56)53-38-55-52(39-57(53)62)51-22-12-13-23-54(51)60(55)48-35-33-47(34-36-48)59(45-29-24-42(25-30-45)40-14-4-1-5-15-40)46-31-26-43(27-32-46)41-16-6-2-7-17-41;55-56(44-20-8-3-9-21-44)51-33-39-17-11-10-16-38(39)32-47(51)48-34-50-46(35-52(48)56)45-22-12-13-23-49(45)54(50)43-30-28-42(29-31-43)53(40-18-6-2-7-19-40)41-26-24-37(25-27-41)36-14-4-1-5-15-36/h1-39H;1-35H. The van der Waals surface area contributed by atoms with Gasteiger partial charge in [0, 0.05) is 104 Å². The quantitative estimate of drug-likeness (QED) is 0.108. The van der Waals surface area contributed by atoms with Crippen molar-refractivity contribution >= 4 is 145 Å². The van der Waals surface area contributed by atoms with Gasteiger partial charge in [0.15, 0.2) is 14.3 Å². The highest BCUT2D eigenvalue weighted by Crippen LogP contribution is 2.57. The highest BCUT2D eigenvalue weighted by atomic mass is 31.2. The number of fused-ring (bicyclic) bond motifs is 15. The number of para-hydroxylation sites is 3. The van der Waals surface area contributed by atoms with Crippen LogP contribution in [0, 0.1) is 0 Å². The summed E-state index contributed by atoms with van der Waals surface area (Å²) in [6, 6.07) is 158. The first-order chi connectivity index (χ1) is 58.3. The molecule has 0 amide bonds. The fourth-order valence-electron chi connectivity index (χ4n) is 18.4. The molecule has 0 radical (unpaired) electrons. The molecule has 23 rings (SSSR count). The molecule has 4 heterocycles. The molecule has 2 aromatic heterocycles. The highest BCUT2D eigenvalue weighted by Gasteiger charge is 2.43. The second kappa shape index (κ2) is 28.7. The smallest absolute Gasteiger partial charge is 0.172 e. The second-order valence-corrected chi connectivity index (χ2v) is 35.9. The number of hydrogen-bond donors (Lipinski definition) is 0. The molecule has 2 atom stereocenters. The number of hydrogen-bond acceptors (Lipinski definition) is 4. The molecule has 0 fully saturated rings. The van der Waals surface area contributed by atoms with E-state index >= 15 is 9.13 Å². The summed E-state index contributed by atoms with van der Waals surface area (Å²) in [5, 5.41) is 14.4. The minimum absolute atomic E-state index is 0.864. The maximum Gasteiger partial charge on any atom is 0.172 e. The molecule has 2 unspecified atom stereocenters. The molecule has 556 valence electrons. The Labute approximate surface area is 684 Å². The third-order valence-corrected chi connectivity index (χ3v) is 30.2. The summed E-state index contributed by atoms with van der Waals surface area (Å²) >= 11 is 0. The summed E-state index contributed by atoms with van der Waals surface area (Å²) in [5.74, 6) is 0. The summed E-state index contributed by atoms with van der Waals surface area (Å²) in [7, 11) is -6.35. The Bertz CT molecular complexity index is 7470. The Morgan fingerprint density at radius 3 is 0.941 bits per heavy atom. The number of nitrogens with zero attached hydrogens (tertiary/aromatic N) is 4. The predicted octanol–water partition coefficient (Wildman–Crippen LogP) is 27.1. The van der Waals surface area contributed by atoms with Gasteiger partial charge in [-0.25, -0.2) is 0 Å². The van der Waals surface area contributed by atoms with Crippen molar-refractivity contribution < 1.29 is 9.13 Å². The van der Waals surface area contributed by atoms with Gasteiger partial charge in [-0.3, -0.25) is 0 Å². The molecule has 0 aliphatic carbocycles. The molecule has 6 nitrogen and oxygen atoms in total.